The number of amides is 2. The molecule has 2 aromatic rings. The number of nitrogens with zero attached hydrogens (tertiary/aromatic N) is 1. The molecule has 2 aromatic carbocycles. The van der Waals surface area contributed by atoms with E-state index in [1.807, 2.05) is 64.1 Å². The van der Waals surface area contributed by atoms with Crippen LogP contribution >= 0.6 is 0 Å². The first-order chi connectivity index (χ1) is 13.0. The van der Waals surface area contributed by atoms with Crippen LogP contribution in [-0.4, -0.2) is 29.3 Å². The topological polar surface area (TPSA) is 49.4 Å². The fraction of sp³-hybridized carbons (Fsp3) is 0.391. The summed E-state index contributed by atoms with van der Waals surface area (Å²) in [5, 5.41) is 2.87. The van der Waals surface area contributed by atoms with E-state index < -0.39 is 6.04 Å². The van der Waals surface area contributed by atoms with Gasteiger partial charge in [-0.2, -0.15) is 0 Å². The van der Waals surface area contributed by atoms with Crippen molar-refractivity contribution in [1.82, 2.24) is 10.2 Å². The molecule has 144 valence electrons. The molecule has 0 aliphatic carbocycles. The maximum atomic E-state index is 13.2. The van der Waals surface area contributed by atoms with Crippen LogP contribution in [0.25, 0.3) is 0 Å². The van der Waals surface area contributed by atoms with Crippen LogP contribution in [0, 0.1) is 13.8 Å². The molecule has 1 atom stereocenters. The van der Waals surface area contributed by atoms with E-state index in [1.165, 1.54) is 0 Å². The Balaban J connectivity index is 2.30. The van der Waals surface area contributed by atoms with Crippen molar-refractivity contribution in [1.29, 1.82) is 0 Å². The van der Waals surface area contributed by atoms with Gasteiger partial charge in [0, 0.05) is 13.1 Å². The van der Waals surface area contributed by atoms with Gasteiger partial charge >= 0.3 is 0 Å². The zero-order valence-electron chi connectivity index (χ0n) is 16.8. The van der Waals surface area contributed by atoms with Crippen LogP contribution in [0.1, 0.15) is 42.5 Å². The van der Waals surface area contributed by atoms with Gasteiger partial charge in [0.05, 0.1) is 6.42 Å². The molecule has 0 spiro atoms. The van der Waals surface area contributed by atoms with Crippen LogP contribution in [0.5, 0.6) is 0 Å². The number of carbonyl (C=O) groups excluding carboxylic acids is 2. The average molecular weight is 367 g/mol. The molecule has 0 heterocycles. The molecule has 0 saturated heterocycles. The summed E-state index contributed by atoms with van der Waals surface area (Å²) in [5.41, 5.74) is 4.27. The van der Waals surface area contributed by atoms with Crippen LogP contribution in [0.15, 0.2) is 48.5 Å². The van der Waals surface area contributed by atoms with Crippen molar-refractivity contribution in [3.8, 4) is 0 Å². The van der Waals surface area contributed by atoms with E-state index in [2.05, 4.69) is 17.4 Å². The van der Waals surface area contributed by atoms with E-state index in [9.17, 15) is 9.59 Å². The summed E-state index contributed by atoms with van der Waals surface area (Å²) in [6.07, 6.45) is 0.882. The van der Waals surface area contributed by atoms with E-state index >= 15 is 0 Å². The van der Waals surface area contributed by atoms with Crippen molar-refractivity contribution < 1.29 is 9.59 Å². The quantitative estimate of drug-likeness (QED) is 0.773. The van der Waals surface area contributed by atoms with E-state index in [0.29, 0.717) is 25.9 Å². The van der Waals surface area contributed by atoms with E-state index in [-0.39, 0.29) is 11.8 Å². The number of carbonyl (C=O) groups is 2. The second-order valence-corrected chi connectivity index (χ2v) is 6.93. The molecule has 0 unspecified atom stereocenters. The monoisotopic (exact) mass is 366 g/mol. The maximum Gasteiger partial charge on any atom is 0.242 e. The maximum absolute atomic E-state index is 13.2. The molecule has 0 aliphatic rings. The molecule has 0 fully saturated rings. The number of rotatable bonds is 8. The minimum Gasteiger partial charge on any atom is -0.355 e. The third kappa shape index (κ3) is 5.68. The zero-order valence-corrected chi connectivity index (χ0v) is 16.8. The predicted octanol–water partition coefficient (Wildman–Crippen LogP) is 3.79. The summed E-state index contributed by atoms with van der Waals surface area (Å²) in [6, 6.07) is 15.5. The summed E-state index contributed by atoms with van der Waals surface area (Å²) >= 11 is 0. The van der Waals surface area contributed by atoms with Gasteiger partial charge in [0.25, 0.3) is 0 Å². The number of hydrogen-bond acceptors (Lipinski definition) is 2. The van der Waals surface area contributed by atoms with Crippen molar-refractivity contribution in [3.05, 3.63) is 70.8 Å². The molecule has 2 amide bonds. The molecular formula is C23H30N2O2. The van der Waals surface area contributed by atoms with Crippen molar-refractivity contribution in [2.75, 3.05) is 6.54 Å². The molecule has 0 aromatic heterocycles. The molecule has 0 radical (unpaired) electrons. The predicted molar refractivity (Wildman–Crippen MR) is 109 cm³/mol. The molecule has 0 saturated carbocycles. The fourth-order valence-corrected chi connectivity index (χ4v) is 3.25. The number of hydrogen-bond donors (Lipinski definition) is 1. The number of benzene rings is 2. The van der Waals surface area contributed by atoms with Crippen molar-refractivity contribution in [2.45, 2.75) is 53.1 Å². The Kier molecular flexibility index (Phi) is 7.59. The summed E-state index contributed by atoms with van der Waals surface area (Å²) in [7, 11) is 0. The fourth-order valence-electron chi connectivity index (χ4n) is 3.25. The molecule has 0 bridgehead atoms. The van der Waals surface area contributed by atoms with Crippen LogP contribution < -0.4 is 5.32 Å². The number of nitrogens with one attached hydrogen (secondary N) is 1. The molecule has 27 heavy (non-hydrogen) atoms. The molecule has 0 aliphatic heterocycles. The van der Waals surface area contributed by atoms with Gasteiger partial charge in [-0.05, 0) is 43.9 Å². The Morgan fingerprint density at radius 2 is 1.74 bits per heavy atom. The standard InChI is InChI=1S/C23H30N2O2/c1-5-21(23(27)24-6-2)25(16-19-10-8-7-9-11-19)22(26)15-20-14-17(3)12-13-18(20)4/h7-14,21H,5-6,15-16H2,1-4H3,(H,24,27)/t21-/m0/s1. The van der Waals surface area contributed by atoms with E-state index in [1.54, 1.807) is 4.90 Å². The first-order valence-electron chi connectivity index (χ1n) is 9.63. The minimum absolute atomic E-state index is 0.0225. The highest BCUT2D eigenvalue weighted by atomic mass is 16.2. The lowest BCUT2D eigenvalue weighted by Gasteiger charge is -2.31. The van der Waals surface area contributed by atoms with Gasteiger partial charge in [-0.15, -0.1) is 0 Å². The third-order valence-corrected chi connectivity index (χ3v) is 4.78. The normalized spacial score (nSPS) is 11.7. The number of aryl methyl sites for hydroxylation is 2. The lowest BCUT2D eigenvalue weighted by atomic mass is 10.0. The van der Waals surface area contributed by atoms with Gasteiger partial charge in [-0.3, -0.25) is 9.59 Å². The van der Waals surface area contributed by atoms with Crippen LogP contribution in [0.3, 0.4) is 0 Å². The third-order valence-electron chi connectivity index (χ3n) is 4.78. The minimum atomic E-state index is -0.470. The second-order valence-electron chi connectivity index (χ2n) is 6.93. The highest BCUT2D eigenvalue weighted by Gasteiger charge is 2.28. The van der Waals surface area contributed by atoms with Crippen LogP contribution in [0.2, 0.25) is 0 Å². The smallest absolute Gasteiger partial charge is 0.242 e. The van der Waals surface area contributed by atoms with Crippen LogP contribution in [0.4, 0.5) is 0 Å². The Morgan fingerprint density at radius 1 is 1.04 bits per heavy atom. The molecular weight excluding hydrogens is 336 g/mol. The highest BCUT2D eigenvalue weighted by molar-refractivity contribution is 5.88. The Labute approximate surface area is 162 Å². The number of likely N-dealkylation sites (N-methyl/N-ethyl adjacent to an activating group) is 1. The lowest BCUT2D eigenvalue weighted by Crippen LogP contribution is -2.49. The zero-order chi connectivity index (χ0) is 19.8. The highest BCUT2D eigenvalue weighted by Crippen LogP contribution is 2.17. The van der Waals surface area contributed by atoms with Gasteiger partial charge in [0.2, 0.25) is 11.8 Å². The van der Waals surface area contributed by atoms with Gasteiger partial charge in [-0.1, -0.05) is 61.0 Å². The van der Waals surface area contributed by atoms with Gasteiger partial charge in [0.1, 0.15) is 6.04 Å². The van der Waals surface area contributed by atoms with E-state index in [0.717, 1.165) is 22.3 Å². The summed E-state index contributed by atoms with van der Waals surface area (Å²) < 4.78 is 0. The molecule has 1 N–H and O–H groups in total. The summed E-state index contributed by atoms with van der Waals surface area (Å²) in [4.78, 5) is 27.5. The van der Waals surface area contributed by atoms with Crippen LogP contribution in [-0.2, 0) is 22.6 Å². The van der Waals surface area contributed by atoms with Gasteiger partial charge in [0.15, 0.2) is 0 Å². The summed E-state index contributed by atoms with van der Waals surface area (Å²) in [6.45, 7) is 8.87. The molecule has 2 rings (SSSR count). The molecule has 4 heteroatoms. The Bertz CT molecular complexity index is 771. The lowest BCUT2D eigenvalue weighted by molar-refractivity contribution is -0.140. The average Bonchev–Trinajstić information content (AvgIpc) is 2.65. The Morgan fingerprint density at radius 3 is 2.37 bits per heavy atom. The van der Waals surface area contributed by atoms with Crippen molar-refractivity contribution in [2.24, 2.45) is 0 Å². The first-order valence-corrected chi connectivity index (χ1v) is 9.63. The van der Waals surface area contributed by atoms with E-state index in [4.69, 9.17) is 0 Å². The second kappa shape index (κ2) is 9.91. The SMILES string of the molecule is CCNC(=O)[C@H](CC)N(Cc1ccccc1)C(=O)Cc1cc(C)ccc1C. The van der Waals surface area contributed by atoms with Crippen molar-refractivity contribution >= 4 is 11.8 Å². The van der Waals surface area contributed by atoms with Gasteiger partial charge < -0.3 is 10.2 Å². The Hall–Kier alpha value is -2.62. The largest absolute Gasteiger partial charge is 0.355 e. The molecule has 4 nitrogen and oxygen atoms in total. The van der Waals surface area contributed by atoms with Crippen molar-refractivity contribution in [3.63, 3.8) is 0 Å². The van der Waals surface area contributed by atoms with Gasteiger partial charge in [-0.25, -0.2) is 0 Å². The summed E-state index contributed by atoms with van der Waals surface area (Å²) in [5.74, 6) is -0.115. The first kappa shape index (κ1) is 20.7.